The molecule has 2 aromatic rings. The summed E-state index contributed by atoms with van der Waals surface area (Å²) in [5.41, 5.74) is 2.50. The van der Waals surface area contributed by atoms with Crippen LogP contribution in [0.3, 0.4) is 0 Å². The lowest BCUT2D eigenvalue weighted by Crippen LogP contribution is -2.40. The Morgan fingerprint density at radius 1 is 1.10 bits per heavy atom. The first-order chi connectivity index (χ1) is 13.8. The van der Waals surface area contributed by atoms with Crippen LogP contribution in [0.1, 0.15) is 25.0 Å². The Morgan fingerprint density at radius 2 is 1.79 bits per heavy atom. The van der Waals surface area contributed by atoms with Crippen molar-refractivity contribution >= 4 is 17.6 Å². The molecule has 7 nitrogen and oxygen atoms in total. The van der Waals surface area contributed by atoms with E-state index in [1.165, 1.54) is 7.11 Å². The van der Waals surface area contributed by atoms with Gasteiger partial charge in [-0.3, -0.25) is 14.9 Å². The third-order valence-electron chi connectivity index (χ3n) is 4.41. The highest BCUT2D eigenvalue weighted by Crippen LogP contribution is 2.31. The van der Waals surface area contributed by atoms with E-state index in [1.54, 1.807) is 12.1 Å². The number of para-hydroxylation sites is 1. The van der Waals surface area contributed by atoms with Crippen LogP contribution in [0.2, 0.25) is 0 Å². The van der Waals surface area contributed by atoms with Gasteiger partial charge in [0.05, 0.1) is 7.11 Å². The van der Waals surface area contributed by atoms with Gasteiger partial charge in [0.25, 0.3) is 5.91 Å². The topological polar surface area (TPSA) is 96.9 Å². The predicted molar refractivity (Wildman–Crippen MR) is 111 cm³/mol. The molecule has 1 unspecified atom stereocenters. The molecule has 7 heteroatoms. The van der Waals surface area contributed by atoms with Gasteiger partial charge < -0.3 is 19.9 Å². The SMILES string of the molecule is COc1cccc(CNC(C(=O)O)C(C)C)c1OCC(=O)Nc1ccc(C)cc1. The summed E-state index contributed by atoms with van der Waals surface area (Å²) >= 11 is 0. The fourth-order valence-electron chi connectivity index (χ4n) is 2.82. The number of hydrogen-bond acceptors (Lipinski definition) is 5. The number of ether oxygens (including phenoxy) is 2. The predicted octanol–water partition coefficient (Wildman–Crippen LogP) is 3.22. The summed E-state index contributed by atoms with van der Waals surface area (Å²) in [6, 6.07) is 12.1. The van der Waals surface area contributed by atoms with Crippen LogP contribution >= 0.6 is 0 Å². The zero-order valence-electron chi connectivity index (χ0n) is 17.2. The molecule has 0 aliphatic heterocycles. The lowest BCUT2D eigenvalue weighted by molar-refractivity contribution is -0.140. The summed E-state index contributed by atoms with van der Waals surface area (Å²) in [5, 5.41) is 15.2. The van der Waals surface area contributed by atoms with Gasteiger partial charge in [-0.15, -0.1) is 0 Å². The van der Waals surface area contributed by atoms with E-state index in [2.05, 4.69) is 10.6 Å². The van der Waals surface area contributed by atoms with Crippen LogP contribution < -0.4 is 20.1 Å². The molecule has 0 bridgehead atoms. The number of carbonyl (C=O) groups is 2. The van der Waals surface area contributed by atoms with Crippen LogP contribution in [-0.2, 0) is 16.1 Å². The van der Waals surface area contributed by atoms with Gasteiger partial charge in [-0.1, -0.05) is 43.7 Å². The molecule has 1 atom stereocenters. The van der Waals surface area contributed by atoms with Crippen LogP contribution in [0, 0.1) is 12.8 Å². The average molecular weight is 400 g/mol. The molecule has 0 aromatic heterocycles. The highest BCUT2D eigenvalue weighted by atomic mass is 16.5. The number of rotatable bonds is 10. The van der Waals surface area contributed by atoms with Gasteiger partial charge in [0.15, 0.2) is 18.1 Å². The standard InChI is InChI=1S/C22H28N2O5/c1-14(2)20(22(26)27)23-12-16-6-5-7-18(28-4)21(16)29-13-19(25)24-17-10-8-15(3)9-11-17/h5-11,14,20,23H,12-13H2,1-4H3,(H,24,25)(H,26,27). The van der Waals surface area contributed by atoms with Crippen molar-refractivity contribution in [1.82, 2.24) is 5.32 Å². The number of amides is 1. The van der Waals surface area contributed by atoms with Crippen molar-refractivity contribution in [2.75, 3.05) is 19.0 Å². The number of methoxy groups -OCH3 is 1. The molecular weight excluding hydrogens is 372 g/mol. The normalized spacial score (nSPS) is 11.8. The fraction of sp³-hybridized carbons (Fsp3) is 0.364. The smallest absolute Gasteiger partial charge is 0.320 e. The van der Waals surface area contributed by atoms with Gasteiger partial charge in [-0.25, -0.2) is 0 Å². The van der Waals surface area contributed by atoms with Gasteiger partial charge in [0, 0.05) is 17.8 Å². The second-order valence-electron chi connectivity index (χ2n) is 7.09. The van der Waals surface area contributed by atoms with Gasteiger partial charge in [-0.05, 0) is 31.0 Å². The van der Waals surface area contributed by atoms with E-state index in [1.807, 2.05) is 51.1 Å². The van der Waals surface area contributed by atoms with Crippen LogP contribution in [0.15, 0.2) is 42.5 Å². The van der Waals surface area contributed by atoms with E-state index < -0.39 is 12.0 Å². The maximum absolute atomic E-state index is 12.3. The molecule has 0 radical (unpaired) electrons. The molecule has 0 aliphatic rings. The molecule has 0 spiro atoms. The van der Waals surface area contributed by atoms with E-state index in [4.69, 9.17) is 9.47 Å². The number of carboxylic acids is 1. The second kappa shape index (κ2) is 10.5. The number of aliphatic carboxylic acids is 1. The Labute approximate surface area is 171 Å². The quantitative estimate of drug-likeness (QED) is 0.567. The summed E-state index contributed by atoms with van der Waals surface area (Å²) in [4.78, 5) is 23.7. The van der Waals surface area contributed by atoms with Gasteiger partial charge in [0.1, 0.15) is 6.04 Å². The number of hydrogen-bond donors (Lipinski definition) is 3. The largest absolute Gasteiger partial charge is 0.493 e. The van der Waals surface area contributed by atoms with Gasteiger partial charge in [0.2, 0.25) is 0 Å². The number of nitrogens with one attached hydrogen (secondary N) is 2. The van der Waals surface area contributed by atoms with E-state index in [-0.39, 0.29) is 25.0 Å². The van der Waals surface area contributed by atoms with E-state index in [9.17, 15) is 14.7 Å². The van der Waals surface area contributed by atoms with Crippen LogP contribution in [0.4, 0.5) is 5.69 Å². The molecule has 2 aromatic carbocycles. The van der Waals surface area contributed by atoms with Gasteiger partial charge in [-0.2, -0.15) is 0 Å². The zero-order chi connectivity index (χ0) is 21.4. The lowest BCUT2D eigenvalue weighted by atomic mass is 10.0. The van der Waals surface area contributed by atoms with Crippen LogP contribution in [0.25, 0.3) is 0 Å². The van der Waals surface area contributed by atoms with E-state index in [0.717, 1.165) is 5.56 Å². The first-order valence-electron chi connectivity index (χ1n) is 9.43. The van der Waals surface area contributed by atoms with Crippen molar-refractivity contribution in [2.24, 2.45) is 5.92 Å². The van der Waals surface area contributed by atoms with Crippen molar-refractivity contribution in [3.05, 3.63) is 53.6 Å². The third kappa shape index (κ3) is 6.50. The maximum Gasteiger partial charge on any atom is 0.320 e. The Hall–Kier alpha value is -3.06. The van der Waals surface area contributed by atoms with Crippen molar-refractivity contribution in [3.63, 3.8) is 0 Å². The molecule has 2 rings (SSSR count). The molecule has 3 N–H and O–H groups in total. The summed E-state index contributed by atoms with van der Waals surface area (Å²) < 4.78 is 11.1. The Balaban J connectivity index is 2.07. The highest BCUT2D eigenvalue weighted by Gasteiger charge is 2.22. The first-order valence-corrected chi connectivity index (χ1v) is 9.43. The molecule has 156 valence electrons. The van der Waals surface area contributed by atoms with E-state index in [0.29, 0.717) is 22.7 Å². The summed E-state index contributed by atoms with van der Waals surface area (Å²) in [7, 11) is 1.51. The summed E-state index contributed by atoms with van der Waals surface area (Å²) in [6.45, 7) is 5.71. The van der Waals surface area contributed by atoms with E-state index >= 15 is 0 Å². The van der Waals surface area contributed by atoms with Crippen molar-refractivity contribution < 1.29 is 24.2 Å². The summed E-state index contributed by atoms with van der Waals surface area (Å²) in [6.07, 6.45) is 0. The molecule has 0 aliphatic carbocycles. The Kier molecular flexibility index (Phi) is 8.03. The number of benzene rings is 2. The minimum atomic E-state index is -0.914. The second-order valence-corrected chi connectivity index (χ2v) is 7.09. The lowest BCUT2D eigenvalue weighted by Gasteiger charge is -2.20. The number of carboxylic acid groups (broad SMARTS) is 1. The minimum absolute atomic E-state index is 0.0808. The molecule has 29 heavy (non-hydrogen) atoms. The van der Waals surface area contributed by atoms with Gasteiger partial charge >= 0.3 is 5.97 Å². The minimum Gasteiger partial charge on any atom is -0.493 e. The maximum atomic E-state index is 12.3. The Morgan fingerprint density at radius 3 is 2.38 bits per heavy atom. The summed E-state index contributed by atoms with van der Waals surface area (Å²) in [5.74, 6) is -0.409. The van der Waals surface area contributed by atoms with Crippen molar-refractivity contribution in [2.45, 2.75) is 33.4 Å². The molecule has 0 saturated carbocycles. The molecule has 0 heterocycles. The highest BCUT2D eigenvalue weighted by molar-refractivity contribution is 5.91. The third-order valence-corrected chi connectivity index (χ3v) is 4.41. The molecule has 1 amide bonds. The number of carbonyl (C=O) groups excluding carboxylic acids is 1. The van der Waals surface area contributed by atoms with Crippen molar-refractivity contribution in [3.8, 4) is 11.5 Å². The van der Waals surface area contributed by atoms with Crippen LogP contribution in [-0.4, -0.2) is 36.7 Å². The molecule has 0 fully saturated rings. The number of anilines is 1. The Bertz CT molecular complexity index is 834. The van der Waals surface area contributed by atoms with Crippen molar-refractivity contribution in [1.29, 1.82) is 0 Å². The average Bonchev–Trinajstić information content (AvgIpc) is 2.68. The molecular formula is C22H28N2O5. The molecule has 0 saturated heterocycles. The van der Waals surface area contributed by atoms with Crippen LogP contribution in [0.5, 0.6) is 11.5 Å². The first kappa shape index (κ1) is 22.2. The monoisotopic (exact) mass is 400 g/mol. The zero-order valence-corrected chi connectivity index (χ0v) is 17.2. The number of aryl methyl sites for hydroxylation is 1. The fourth-order valence-corrected chi connectivity index (χ4v) is 2.82.